The lowest BCUT2D eigenvalue weighted by molar-refractivity contribution is -0.119. The van der Waals surface area contributed by atoms with Crippen molar-refractivity contribution in [3.63, 3.8) is 0 Å². The summed E-state index contributed by atoms with van der Waals surface area (Å²) in [4.78, 5) is 41.4. The normalized spacial score (nSPS) is 23.7. The van der Waals surface area contributed by atoms with E-state index in [2.05, 4.69) is 10.6 Å². The maximum absolute atomic E-state index is 12.8. The largest absolute Gasteiger partial charge is 0.355 e. The molecule has 1 aromatic rings. The number of hydrogen-bond acceptors (Lipinski definition) is 4. The summed E-state index contributed by atoms with van der Waals surface area (Å²) in [5.41, 5.74) is -0.422. The minimum Gasteiger partial charge on any atom is -0.355 e. The lowest BCUT2D eigenvalue weighted by atomic mass is 9.86. The zero-order valence-electron chi connectivity index (χ0n) is 14.6. The fourth-order valence-electron chi connectivity index (χ4n) is 3.48. The first-order chi connectivity index (χ1) is 11.9. The second kappa shape index (κ2) is 7.03. The van der Waals surface area contributed by atoms with Crippen molar-refractivity contribution in [2.24, 2.45) is 5.41 Å². The second-order valence-electron chi connectivity index (χ2n) is 7.18. The zero-order chi connectivity index (χ0) is 18.0. The SMILES string of the molecule is CC(C)NC(=O)N1CCN(C(=O)c2cccs2)CC2(CNC(=O)C2)C1. The van der Waals surface area contributed by atoms with Gasteiger partial charge in [-0.25, -0.2) is 4.79 Å². The van der Waals surface area contributed by atoms with E-state index in [0.717, 1.165) is 0 Å². The third-order valence-electron chi connectivity index (χ3n) is 4.61. The Kier molecular flexibility index (Phi) is 4.99. The van der Waals surface area contributed by atoms with E-state index in [1.807, 2.05) is 31.4 Å². The van der Waals surface area contributed by atoms with Crippen LogP contribution in [0.1, 0.15) is 29.9 Å². The Balaban J connectivity index is 1.81. The van der Waals surface area contributed by atoms with Gasteiger partial charge in [0, 0.05) is 50.6 Å². The van der Waals surface area contributed by atoms with Gasteiger partial charge < -0.3 is 20.4 Å². The summed E-state index contributed by atoms with van der Waals surface area (Å²) >= 11 is 1.41. The van der Waals surface area contributed by atoms with Crippen LogP contribution in [0.25, 0.3) is 0 Å². The topological polar surface area (TPSA) is 81.8 Å². The van der Waals surface area contributed by atoms with Crippen LogP contribution in [0.4, 0.5) is 4.79 Å². The van der Waals surface area contributed by atoms with Gasteiger partial charge in [-0.05, 0) is 25.3 Å². The number of rotatable bonds is 2. The Morgan fingerprint density at radius 1 is 1.28 bits per heavy atom. The van der Waals surface area contributed by atoms with E-state index < -0.39 is 5.41 Å². The maximum Gasteiger partial charge on any atom is 0.317 e. The molecule has 2 aliphatic rings. The molecule has 0 aliphatic carbocycles. The molecule has 1 spiro atoms. The molecule has 1 atom stereocenters. The fraction of sp³-hybridized carbons (Fsp3) is 0.588. The third kappa shape index (κ3) is 3.95. The molecule has 0 radical (unpaired) electrons. The van der Waals surface area contributed by atoms with Crippen molar-refractivity contribution >= 4 is 29.2 Å². The Hall–Kier alpha value is -2.09. The van der Waals surface area contributed by atoms with Crippen LogP contribution in [0.2, 0.25) is 0 Å². The number of nitrogens with zero attached hydrogens (tertiary/aromatic N) is 2. The smallest absolute Gasteiger partial charge is 0.317 e. The van der Waals surface area contributed by atoms with Crippen LogP contribution in [0.3, 0.4) is 0 Å². The van der Waals surface area contributed by atoms with Crippen molar-refractivity contribution in [1.82, 2.24) is 20.4 Å². The lowest BCUT2D eigenvalue weighted by Gasteiger charge is -2.32. The molecular formula is C17H24N4O3S. The van der Waals surface area contributed by atoms with Gasteiger partial charge in [0.05, 0.1) is 4.88 Å². The molecule has 0 aromatic carbocycles. The van der Waals surface area contributed by atoms with Crippen LogP contribution in [0.5, 0.6) is 0 Å². The number of carbonyl (C=O) groups is 3. The van der Waals surface area contributed by atoms with Gasteiger partial charge in [-0.15, -0.1) is 11.3 Å². The average molecular weight is 364 g/mol. The molecule has 0 bridgehead atoms. The summed E-state index contributed by atoms with van der Waals surface area (Å²) in [7, 11) is 0. The highest BCUT2D eigenvalue weighted by molar-refractivity contribution is 7.12. The van der Waals surface area contributed by atoms with Crippen molar-refractivity contribution in [1.29, 1.82) is 0 Å². The van der Waals surface area contributed by atoms with Crippen molar-refractivity contribution in [3.8, 4) is 0 Å². The Bertz CT molecular complexity index is 661. The maximum atomic E-state index is 12.8. The van der Waals surface area contributed by atoms with Gasteiger partial charge in [-0.3, -0.25) is 9.59 Å². The van der Waals surface area contributed by atoms with Gasteiger partial charge in [0.1, 0.15) is 0 Å². The van der Waals surface area contributed by atoms with Crippen LogP contribution in [-0.2, 0) is 4.79 Å². The van der Waals surface area contributed by atoms with Gasteiger partial charge in [0.15, 0.2) is 0 Å². The molecule has 7 nitrogen and oxygen atoms in total. The molecule has 2 aliphatic heterocycles. The van der Waals surface area contributed by atoms with E-state index in [0.29, 0.717) is 44.0 Å². The van der Waals surface area contributed by atoms with Crippen molar-refractivity contribution in [2.45, 2.75) is 26.3 Å². The van der Waals surface area contributed by atoms with Crippen LogP contribution < -0.4 is 10.6 Å². The first-order valence-electron chi connectivity index (χ1n) is 8.53. The minimum atomic E-state index is -0.422. The van der Waals surface area contributed by atoms with E-state index in [9.17, 15) is 14.4 Å². The van der Waals surface area contributed by atoms with Crippen LogP contribution in [-0.4, -0.2) is 66.4 Å². The van der Waals surface area contributed by atoms with Crippen molar-refractivity contribution < 1.29 is 14.4 Å². The van der Waals surface area contributed by atoms with Crippen molar-refractivity contribution in [2.75, 3.05) is 32.7 Å². The van der Waals surface area contributed by atoms with E-state index in [-0.39, 0.29) is 23.9 Å². The van der Waals surface area contributed by atoms with E-state index in [1.54, 1.807) is 9.80 Å². The Morgan fingerprint density at radius 3 is 2.60 bits per heavy atom. The van der Waals surface area contributed by atoms with Crippen molar-refractivity contribution in [3.05, 3.63) is 22.4 Å². The summed E-state index contributed by atoms with van der Waals surface area (Å²) in [6.07, 6.45) is 0.340. The summed E-state index contributed by atoms with van der Waals surface area (Å²) in [5, 5.41) is 7.66. The van der Waals surface area contributed by atoms with Crippen LogP contribution in [0.15, 0.2) is 17.5 Å². The molecule has 25 heavy (non-hydrogen) atoms. The summed E-state index contributed by atoms with van der Waals surface area (Å²) in [6.45, 7) is 6.21. The molecule has 3 rings (SSSR count). The highest BCUT2D eigenvalue weighted by atomic mass is 32.1. The second-order valence-corrected chi connectivity index (χ2v) is 8.13. The first-order valence-corrected chi connectivity index (χ1v) is 9.41. The number of carbonyl (C=O) groups excluding carboxylic acids is 3. The standard InChI is InChI=1S/C17H24N4O3S/c1-12(2)19-16(24)21-6-5-20(15(23)13-4-3-7-25-13)10-17(11-21)8-14(22)18-9-17/h3-4,7,12H,5-6,8-11H2,1-2H3,(H,18,22)(H,19,24). The van der Waals surface area contributed by atoms with E-state index in [1.165, 1.54) is 11.3 Å². The number of hydrogen-bond donors (Lipinski definition) is 2. The fourth-order valence-corrected chi connectivity index (χ4v) is 4.17. The van der Waals surface area contributed by atoms with Gasteiger partial charge in [0.2, 0.25) is 5.91 Å². The first kappa shape index (κ1) is 17.7. The summed E-state index contributed by atoms with van der Waals surface area (Å²) in [6, 6.07) is 3.57. The van der Waals surface area contributed by atoms with E-state index >= 15 is 0 Å². The van der Waals surface area contributed by atoms with Crippen LogP contribution >= 0.6 is 11.3 Å². The Labute approximate surface area is 151 Å². The monoisotopic (exact) mass is 364 g/mol. The number of urea groups is 1. The molecule has 2 N–H and O–H groups in total. The molecule has 8 heteroatoms. The average Bonchev–Trinajstić information content (AvgIpc) is 3.14. The summed E-state index contributed by atoms with van der Waals surface area (Å²) < 4.78 is 0. The lowest BCUT2D eigenvalue weighted by Crippen LogP contribution is -2.48. The molecule has 0 saturated carbocycles. The molecular weight excluding hydrogens is 340 g/mol. The van der Waals surface area contributed by atoms with Gasteiger partial charge in [0.25, 0.3) is 5.91 Å². The molecule has 4 amide bonds. The molecule has 1 aromatic heterocycles. The Morgan fingerprint density at radius 2 is 2.00 bits per heavy atom. The minimum absolute atomic E-state index is 0.0189. The van der Waals surface area contributed by atoms with Gasteiger partial charge in [-0.1, -0.05) is 6.07 Å². The quantitative estimate of drug-likeness (QED) is 0.825. The molecule has 1 unspecified atom stereocenters. The summed E-state index contributed by atoms with van der Waals surface area (Å²) in [5.74, 6) is -0.0468. The van der Waals surface area contributed by atoms with Gasteiger partial charge >= 0.3 is 6.03 Å². The van der Waals surface area contributed by atoms with Gasteiger partial charge in [-0.2, -0.15) is 0 Å². The zero-order valence-corrected chi connectivity index (χ0v) is 15.4. The van der Waals surface area contributed by atoms with E-state index in [4.69, 9.17) is 0 Å². The molecule has 3 heterocycles. The number of nitrogens with one attached hydrogen (secondary N) is 2. The highest BCUT2D eigenvalue weighted by Crippen LogP contribution is 2.31. The predicted octanol–water partition coefficient (Wildman–Crippen LogP) is 1.13. The molecule has 2 saturated heterocycles. The molecule has 2 fully saturated rings. The number of thiophene rings is 1. The third-order valence-corrected chi connectivity index (χ3v) is 5.46. The number of amides is 4. The molecule has 136 valence electrons. The van der Waals surface area contributed by atoms with Crippen LogP contribution in [0, 0.1) is 5.41 Å². The predicted molar refractivity (Wildman–Crippen MR) is 95.5 cm³/mol. The highest BCUT2D eigenvalue weighted by Gasteiger charge is 2.45.